The first-order valence-electron chi connectivity index (χ1n) is 3.46. The highest BCUT2D eigenvalue weighted by molar-refractivity contribution is 5.69. The third-order valence-electron chi connectivity index (χ3n) is 1.18. The zero-order chi connectivity index (χ0) is 8.97. The Kier molecular flexibility index (Phi) is 2.57. The van der Waals surface area contributed by atoms with Crippen LogP contribution in [0, 0.1) is 0 Å². The van der Waals surface area contributed by atoms with Crippen LogP contribution in [-0.4, -0.2) is 22.3 Å². The molecule has 1 heterocycles. The number of hydrogen-bond acceptors (Lipinski definition) is 4. The molecule has 1 rings (SSSR count). The number of rotatable bonds is 1. The molecule has 0 fully saturated rings. The van der Waals surface area contributed by atoms with Crippen molar-refractivity contribution in [2.75, 3.05) is 6.61 Å². The minimum absolute atomic E-state index is 0.236. The van der Waals surface area contributed by atoms with Gasteiger partial charge in [-0.05, 0) is 13.0 Å². The van der Waals surface area contributed by atoms with Gasteiger partial charge in [0.15, 0.2) is 0 Å². The summed E-state index contributed by atoms with van der Waals surface area (Å²) >= 11 is 0. The van der Waals surface area contributed by atoms with Crippen LogP contribution in [0.4, 0.5) is 4.79 Å². The molecule has 1 aromatic rings. The highest BCUT2D eigenvalue weighted by Gasteiger charge is 2.05. The summed E-state index contributed by atoms with van der Waals surface area (Å²) in [4.78, 5) is 25.2. The van der Waals surface area contributed by atoms with E-state index in [0.29, 0.717) is 0 Å². The maximum absolute atomic E-state index is 11.0. The summed E-state index contributed by atoms with van der Waals surface area (Å²) in [6.45, 7) is 1.90. The fourth-order valence-corrected chi connectivity index (χ4v) is 0.689. The Morgan fingerprint density at radius 2 is 2.50 bits per heavy atom. The van der Waals surface area contributed by atoms with Crippen LogP contribution in [0.25, 0.3) is 0 Å². The van der Waals surface area contributed by atoms with Crippen LogP contribution < -0.4 is 5.69 Å². The third kappa shape index (κ3) is 1.69. The number of hydrogen-bond donors (Lipinski definition) is 0. The highest BCUT2D eigenvalue weighted by atomic mass is 16.5. The molecular weight excluding hydrogens is 160 g/mol. The SMILES string of the molecule is CCOC(=O)n1cccnc1=O. The molecule has 0 bridgehead atoms. The average molecular weight is 168 g/mol. The van der Waals surface area contributed by atoms with Gasteiger partial charge in [-0.2, -0.15) is 0 Å². The Hall–Kier alpha value is -1.65. The summed E-state index contributed by atoms with van der Waals surface area (Å²) in [6, 6.07) is 1.48. The van der Waals surface area contributed by atoms with Crippen LogP contribution in [0.3, 0.4) is 0 Å². The molecule has 0 amide bonds. The summed E-state index contributed by atoms with van der Waals surface area (Å²) in [6.07, 6.45) is 1.93. The summed E-state index contributed by atoms with van der Waals surface area (Å²) in [5.74, 6) is 0. The zero-order valence-corrected chi connectivity index (χ0v) is 6.56. The molecule has 0 saturated heterocycles. The topological polar surface area (TPSA) is 61.2 Å². The Labute approximate surface area is 68.6 Å². The van der Waals surface area contributed by atoms with E-state index in [9.17, 15) is 9.59 Å². The van der Waals surface area contributed by atoms with Gasteiger partial charge in [-0.3, -0.25) is 0 Å². The second-order valence-electron chi connectivity index (χ2n) is 1.97. The van der Waals surface area contributed by atoms with Crippen molar-refractivity contribution in [2.45, 2.75) is 6.92 Å². The van der Waals surface area contributed by atoms with Crippen LogP contribution in [0.2, 0.25) is 0 Å². The van der Waals surface area contributed by atoms with Crippen molar-refractivity contribution < 1.29 is 9.53 Å². The van der Waals surface area contributed by atoms with Gasteiger partial charge in [-0.25, -0.2) is 19.1 Å². The Balaban J connectivity index is 2.95. The number of aromatic nitrogens is 2. The first-order chi connectivity index (χ1) is 5.75. The summed E-state index contributed by atoms with van der Waals surface area (Å²) < 4.78 is 5.40. The highest BCUT2D eigenvalue weighted by Crippen LogP contribution is 1.83. The van der Waals surface area contributed by atoms with E-state index in [1.54, 1.807) is 6.92 Å². The Morgan fingerprint density at radius 1 is 1.75 bits per heavy atom. The Bertz CT molecular complexity index is 331. The fourth-order valence-electron chi connectivity index (χ4n) is 0.689. The van der Waals surface area contributed by atoms with Gasteiger partial charge < -0.3 is 4.74 Å². The van der Waals surface area contributed by atoms with Crippen molar-refractivity contribution in [1.82, 2.24) is 9.55 Å². The normalized spacial score (nSPS) is 9.42. The van der Waals surface area contributed by atoms with Crippen LogP contribution in [0.1, 0.15) is 6.92 Å². The van der Waals surface area contributed by atoms with Gasteiger partial charge in [-0.1, -0.05) is 0 Å². The van der Waals surface area contributed by atoms with E-state index in [0.717, 1.165) is 4.57 Å². The molecule has 0 aliphatic heterocycles. The third-order valence-corrected chi connectivity index (χ3v) is 1.18. The van der Waals surface area contributed by atoms with Crippen molar-refractivity contribution in [2.24, 2.45) is 0 Å². The van der Waals surface area contributed by atoms with Gasteiger partial charge in [0.1, 0.15) is 0 Å². The predicted molar refractivity (Wildman–Crippen MR) is 40.9 cm³/mol. The molecule has 5 heteroatoms. The van der Waals surface area contributed by atoms with E-state index in [1.165, 1.54) is 18.5 Å². The van der Waals surface area contributed by atoms with Gasteiger partial charge in [-0.15, -0.1) is 0 Å². The summed E-state index contributed by atoms with van der Waals surface area (Å²) in [7, 11) is 0. The lowest BCUT2D eigenvalue weighted by atomic mass is 10.6. The molecule has 0 aromatic carbocycles. The zero-order valence-electron chi connectivity index (χ0n) is 6.56. The van der Waals surface area contributed by atoms with Gasteiger partial charge in [0.05, 0.1) is 6.61 Å². The molecule has 12 heavy (non-hydrogen) atoms. The molecule has 0 atom stereocenters. The molecule has 0 N–H and O–H groups in total. The lowest BCUT2D eigenvalue weighted by Gasteiger charge is -2.01. The molecular formula is C7H8N2O3. The molecule has 0 unspecified atom stereocenters. The summed E-state index contributed by atoms with van der Waals surface area (Å²) in [5, 5.41) is 0. The first kappa shape index (κ1) is 8.45. The van der Waals surface area contributed by atoms with Crippen LogP contribution in [0.15, 0.2) is 23.3 Å². The maximum atomic E-state index is 11.0. The van der Waals surface area contributed by atoms with E-state index < -0.39 is 11.8 Å². The molecule has 5 nitrogen and oxygen atoms in total. The lowest BCUT2D eigenvalue weighted by molar-refractivity contribution is 0.152. The maximum Gasteiger partial charge on any atom is 0.422 e. The first-order valence-corrected chi connectivity index (χ1v) is 3.46. The lowest BCUT2D eigenvalue weighted by Crippen LogP contribution is -2.28. The van der Waals surface area contributed by atoms with Crippen molar-refractivity contribution in [1.29, 1.82) is 0 Å². The van der Waals surface area contributed by atoms with E-state index >= 15 is 0 Å². The average Bonchev–Trinajstić information content (AvgIpc) is 2.05. The van der Waals surface area contributed by atoms with E-state index in [1.807, 2.05) is 0 Å². The second-order valence-corrected chi connectivity index (χ2v) is 1.97. The fraction of sp³-hybridized carbons (Fsp3) is 0.286. The van der Waals surface area contributed by atoms with Crippen molar-refractivity contribution >= 4 is 6.09 Å². The number of nitrogens with zero attached hydrogens (tertiary/aromatic N) is 2. The van der Waals surface area contributed by atoms with E-state index in [4.69, 9.17) is 0 Å². The van der Waals surface area contributed by atoms with Gasteiger partial charge in [0, 0.05) is 12.4 Å². The van der Waals surface area contributed by atoms with Gasteiger partial charge in [0.2, 0.25) is 0 Å². The molecule has 0 aliphatic carbocycles. The Morgan fingerprint density at radius 3 is 3.08 bits per heavy atom. The monoisotopic (exact) mass is 168 g/mol. The molecule has 0 spiro atoms. The molecule has 64 valence electrons. The van der Waals surface area contributed by atoms with E-state index in [-0.39, 0.29) is 6.61 Å². The smallest absolute Gasteiger partial charge is 0.422 e. The van der Waals surface area contributed by atoms with Crippen LogP contribution >= 0.6 is 0 Å². The second kappa shape index (κ2) is 3.66. The number of carbonyl (C=O) groups excluding carboxylic acids is 1. The predicted octanol–water partition coefficient (Wildman–Crippen LogP) is 0.248. The largest absolute Gasteiger partial charge is 0.449 e. The molecule has 1 aromatic heterocycles. The van der Waals surface area contributed by atoms with Gasteiger partial charge >= 0.3 is 11.8 Å². The van der Waals surface area contributed by atoms with Gasteiger partial charge in [0.25, 0.3) is 0 Å². The quantitative estimate of drug-likeness (QED) is 0.603. The molecule has 0 radical (unpaired) electrons. The minimum Gasteiger partial charge on any atom is -0.449 e. The molecule has 0 aliphatic rings. The summed E-state index contributed by atoms with van der Waals surface area (Å²) in [5.41, 5.74) is -0.629. The molecule has 0 saturated carbocycles. The standard InChI is InChI=1S/C7H8N2O3/c1-2-12-7(11)9-5-3-4-8-6(9)10/h3-5H,2H2,1H3. The number of ether oxygens (including phenoxy) is 1. The van der Waals surface area contributed by atoms with Crippen molar-refractivity contribution in [3.8, 4) is 0 Å². The van der Waals surface area contributed by atoms with Crippen molar-refractivity contribution in [3.63, 3.8) is 0 Å². The van der Waals surface area contributed by atoms with Crippen molar-refractivity contribution in [3.05, 3.63) is 28.9 Å². The van der Waals surface area contributed by atoms with Crippen LogP contribution in [-0.2, 0) is 4.74 Å². The van der Waals surface area contributed by atoms with Crippen LogP contribution in [0.5, 0.6) is 0 Å². The van der Waals surface area contributed by atoms with E-state index in [2.05, 4.69) is 9.72 Å². The number of carbonyl (C=O) groups is 1. The minimum atomic E-state index is -0.699.